The predicted octanol–water partition coefficient (Wildman–Crippen LogP) is 1.66. The van der Waals surface area contributed by atoms with Gasteiger partial charge in [-0.3, -0.25) is 19.3 Å². The van der Waals surface area contributed by atoms with E-state index in [1.807, 2.05) is 18.2 Å². The molecule has 0 unspecified atom stereocenters. The summed E-state index contributed by atoms with van der Waals surface area (Å²) in [6.45, 7) is 1.18. The summed E-state index contributed by atoms with van der Waals surface area (Å²) < 4.78 is 0. The van der Waals surface area contributed by atoms with Gasteiger partial charge >= 0.3 is 6.03 Å². The highest BCUT2D eigenvalue weighted by atomic mass is 16.2. The van der Waals surface area contributed by atoms with E-state index in [1.165, 1.54) is 0 Å². The van der Waals surface area contributed by atoms with Crippen molar-refractivity contribution < 1.29 is 19.2 Å². The van der Waals surface area contributed by atoms with Crippen LogP contribution in [0.2, 0.25) is 0 Å². The van der Waals surface area contributed by atoms with Gasteiger partial charge in [0.15, 0.2) is 0 Å². The molecule has 0 saturated carbocycles. The van der Waals surface area contributed by atoms with E-state index < -0.39 is 11.8 Å². The third kappa shape index (κ3) is 3.69. The molecule has 2 aliphatic rings. The van der Waals surface area contributed by atoms with Crippen LogP contribution in [0.5, 0.6) is 0 Å². The monoisotopic (exact) mass is 392 g/mol. The molecule has 2 aromatic rings. The van der Waals surface area contributed by atoms with Crippen LogP contribution in [0, 0.1) is 0 Å². The molecule has 8 nitrogen and oxygen atoms in total. The molecule has 0 aliphatic carbocycles. The lowest BCUT2D eigenvalue weighted by atomic mass is 10.1. The quantitative estimate of drug-likeness (QED) is 0.805. The highest BCUT2D eigenvalue weighted by molar-refractivity contribution is 6.22. The Kier molecular flexibility index (Phi) is 4.99. The first-order valence-electron chi connectivity index (χ1n) is 9.38. The van der Waals surface area contributed by atoms with E-state index in [-0.39, 0.29) is 18.5 Å². The number of carbonyl (C=O) groups excluding carboxylic acids is 4. The summed E-state index contributed by atoms with van der Waals surface area (Å²) in [5, 5.41) is 2.82. The molecule has 4 rings (SSSR count). The van der Waals surface area contributed by atoms with Gasteiger partial charge < -0.3 is 15.1 Å². The van der Waals surface area contributed by atoms with E-state index in [9.17, 15) is 19.2 Å². The molecule has 0 radical (unpaired) electrons. The van der Waals surface area contributed by atoms with Crippen molar-refractivity contribution >= 4 is 29.4 Å². The van der Waals surface area contributed by atoms with Crippen LogP contribution in [0.15, 0.2) is 54.6 Å². The van der Waals surface area contributed by atoms with Crippen LogP contribution < -0.4 is 5.32 Å². The first kappa shape index (κ1) is 18.7. The van der Waals surface area contributed by atoms with Crippen molar-refractivity contribution in [2.75, 3.05) is 38.0 Å². The molecule has 2 heterocycles. The van der Waals surface area contributed by atoms with Gasteiger partial charge in [0.1, 0.15) is 6.54 Å². The molecule has 0 bridgehead atoms. The van der Waals surface area contributed by atoms with Crippen molar-refractivity contribution in [2.24, 2.45) is 0 Å². The van der Waals surface area contributed by atoms with E-state index in [2.05, 4.69) is 5.32 Å². The number of imide groups is 1. The topological polar surface area (TPSA) is 90.0 Å². The lowest BCUT2D eigenvalue weighted by molar-refractivity contribution is -0.132. The molecule has 1 fully saturated rings. The van der Waals surface area contributed by atoms with E-state index >= 15 is 0 Å². The maximum Gasteiger partial charge on any atom is 0.321 e. The average molecular weight is 392 g/mol. The molecule has 2 aromatic carbocycles. The van der Waals surface area contributed by atoms with Crippen LogP contribution in [0.25, 0.3) is 0 Å². The van der Waals surface area contributed by atoms with Crippen molar-refractivity contribution in [3.05, 3.63) is 65.7 Å². The Bertz CT molecular complexity index is 933. The van der Waals surface area contributed by atoms with Crippen LogP contribution >= 0.6 is 0 Å². The predicted molar refractivity (Wildman–Crippen MR) is 105 cm³/mol. The summed E-state index contributed by atoms with van der Waals surface area (Å²) >= 11 is 0. The maximum atomic E-state index is 12.6. The molecule has 0 spiro atoms. The molecule has 0 aromatic heterocycles. The van der Waals surface area contributed by atoms with Crippen molar-refractivity contribution in [3.63, 3.8) is 0 Å². The average Bonchev–Trinajstić information content (AvgIpc) is 2.99. The lowest BCUT2D eigenvalue weighted by Gasteiger charge is -2.35. The highest BCUT2D eigenvalue weighted by Gasteiger charge is 2.37. The fourth-order valence-corrected chi connectivity index (χ4v) is 3.50. The number of anilines is 1. The number of carbonyl (C=O) groups is 4. The fourth-order valence-electron chi connectivity index (χ4n) is 3.50. The number of urea groups is 1. The smallest absolute Gasteiger partial charge is 0.321 e. The molecule has 2 aliphatic heterocycles. The van der Waals surface area contributed by atoms with Crippen molar-refractivity contribution in [2.45, 2.75) is 0 Å². The minimum absolute atomic E-state index is 0.219. The largest absolute Gasteiger partial charge is 0.338 e. The number of benzene rings is 2. The summed E-state index contributed by atoms with van der Waals surface area (Å²) in [6.07, 6.45) is 0. The highest BCUT2D eigenvalue weighted by Crippen LogP contribution is 2.22. The Morgan fingerprint density at radius 2 is 1.28 bits per heavy atom. The number of nitrogens with zero attached hydrogens (tertiary/aromatic N) is 3. The second-order valence-electron chi connectivity index (χ2n) is 6.91. The third-order valence-corrected chi connectivity index (χ3v) is 5.12. The van der Waals surface area contributed by atoms with Crippen molar-refractivity contribution in [1.29, 1.82) is 0 Å². The molecular weight excluding hydrogens is 372 g/mol. The minimum Gasteiger partial charge on any atom is -0.338 e. The number of para-hydroxylation sites is 1. The van der Waals surface area contributed by atoms with Gasteiger partial charge in [0.2, 0.25) is 5.91 Å². The first-order valence-corrected chi connectivity index (χ1v) is 9.38. The van der Waals surface area contributed by atoms with Crippen LogP contribution in [0.1, 0.15) is 20.7 Å². The van der Waals surface area contributed by atoms with Gasteiger partial charge in [-0.1, -0.05) is 30.3 Å². The molecule has 5 amide bonds. The van der Waals surface area contributed by atoms with Gasteiger partial charge in [0.05, 0.1) is 11.1 Å². The van der Waals surface area contributed by atoms with Gasteiger partial charge in [-0.15, -0.1) is 0 Å². The summed E-state index contributed by atoms with van der Waals surface area (Å²) in [7, 11) is 0. The number of piperazine rings is 1. The van der Waals surface area contributed by atoms with Crippen LogP contribution in [-0.2, 0) is 4.79 Å². The van der Waals surface area contributed by atoms with Crippen LogP contribution in [-0.4, -0.2) is 71.2 Å². The Morgan fingerprint density at radius 3 is 1.86 bits per heavy atom. The first-order chi connectivity index (χ1) is 14.0. The zero-order valence-corrected chi connectivity index (χ0v) is 15.7. The Balaban J connectivity index is 1.31. The van der Waals surface area contributed by atoms with Gasteiger partial charge in [-0.2, -0.15) is 0 Å². The standard InChI is InChI=1S/C21H20N4O4/c26-18(14-25-19(27)16-8-4-5-9-17(16)20(25)28)23-10-12-24(13-11-23)21(29)22-15-6-2-1-3-7-15/h1-9H,10-14H2,(H,22,29). The normalized spacial score (nSPS) is 16.1. The van der Waals surface area contributed by atoms with Gasteiger partial charge in [-0.25, -0.2) is 4.79 Å². The summed E-state index contributed by atoms with van der Waals surface area (Å²) in [5.74, 6) is -1.19. The van der Waals surface area contributed by atoms with Crippen LogP contribution in [0.3, 0.4) is 0 Å². The SMILES string of the molecule is O=C(CN1C(=O)c2ccccc2C1=O)N1CCN(C(=O)Nc2ccccc2)CC1. The second-order valence-corrected chi connectivity index (χ2v) is 6.91. The minimum atomic E-state index is -0.445. The zero-order chi connectivity index (χ0) is 20.4. The van der Waals surface area contributed by atoms with E-state index in [4.69, 9.17) is 0 Å². The number of hydrogen-bond donors (Lipinski definition) is 1. The Morgan fingerprint density at radius 1 is 0.759 bits per heavy atom. The molecule has 148 valence electrons. The van der Waals surface area contributed by atoms with Gasteiger partial charge in [0, 0.05) is 31.9 Å². The second kappa shape index (κ2) is 7.75. The molecule has 0 atom stereocenters. The fraction of sp³-hybridized carbons (Fsp3) is 0.238. The number of hydrogen-bond acceptors (Lipinski definition) is 4. The summed E-state index contributed by atoms with van der Waals surface area (Å²) in [5.41, 5.74) is 1.36. The van der Waals surface area contributed by atoms with Crippen molar-refractivity contribution in [1.82, 2.24) is 14.7 Å². The summed E-state index contributed by atoms with van der Waals surface area (Å²) in [4.78, 5) is 54.0. The lowest BCUT2D eigenvalue weighted by Crippen LogP contribution is -2.53. The van der Waals surface area contributed by atoms with Gasteiger partial charge in [0.25, 0.3) is 11.8 Å². The van der Waals surface area contributed by atoms with Crippen LogP contribution in [0.4, 0.5) is 10.5 Å². The maximum absolute atomic E-state index is 12.6. The number of amides is 5. The van der Waals surface area contributed by atoms with Crippen molar-refractivity contribution in [3.8, 4) is 0 Å². The van der Waals surface area contributed by atoms with E-state index in [0.29, 0.717) is 43.0 Å². The number of rotatable bonds is 3. The molecule has 1 N–H and O–H groups in total. The summed E-state index contributed by atoms with van der Waals surface area (Å²) in [6, 6.07) is 15.5. The Hall–Kier alpha value is -3.68. The van der Waals surface area contributed by atoms with E-state index in [0.717, 1.165) is 4.90 Å². The zero-order valence-electron chi connectivity index (χ0n) is 15.7. The van der Waals surface area contributed by atoms with Gasteiger partial charge in [-0.05, 0) is 24.3 Å². The third-order valence-electron chi connectivity index (χ3n) is 5.12. The molecule has 29 heavy (non-hydrogen) atoms. The molecule has 1 saturated heterocycles. The Labute approximate surface area is 167 Å². The molecule has 8 heteroatoms. The number of fused-ring (bicyclic) bond motifs is 1. The van der Waals surface area contributed by atoms with E-state index in [1.54, 1.807) is 46.2 Å². The molecular formula is C21H20N4O4. The number of nitrogens with one attached hydrogen (secondary N) is 1.